The molecule has 1 atom stereocenters. The van der Waals surface area contributed by atoms with Crippen molar-refractivity contribution in [1.29, 1.82) is 0 Å². The second-order valence-electron chi connectivity index (χ2n) is 6.28. The summed E-state index contributed by atoms with van der Waals surface area (Å²) in [6, 6.07) is 7.89. The number of aryl methyl sites for hydroxylation is 1. The summed E-state index contributed by atoms with van der Waals surface area (Å²) >= 11 is 1.54. The van der Waals surface area contributed by atoms with E-state index in [-0.39, 0.29) is 17.9 Å². The van der Waals surface area contributed by atoms with Gasteiger partial charge in [-0.1, -0.05) is 17.7 Å². The summed E-state index contributed by atoms with van der Waals surface area (Å²) in [4.78, 5) is 30.0. The third kappa shape index (κ3) is 4.11. The first-order valence-corrected chi connectivity index (χ1v) is 9.49. The lowest BCUT2D eigenvalue weighted by atomic mass is 10.2. The van der Waals surface area contributed by atoms with Crippen LogP contribution in [0, 0.1) is 6.92 Å². The summed E-state index contributed by atoms with van der Waals surface area (Å²) in [6.07, 6.45) is 1.68. The fourth-order valence-electron chi connectivity index (χ4n) is 3.18. The molecule has 2 heterocycles. The summed E-state index contributed by atoms with van der Waals surface area (Å²) < 4.78 is 5.30. The minimum Gasteiger partial charge on any atom is -0.378 e. The van der Waals surface area contributed by atoms with E-state index in [0.29, 0.717) is 38.6 Å². The third-order valence-electron chi connectivity index (χ3n) is 4.56. The number of thioether (sulfide) groups is 1. The minimum absolute atomic E-state index is 0.0599. The van der Waals surface area contributed by atoms with Gasteiger partial charge in [-0.05, 0) is 31.9 Å². The molecule has 2 saturated heterocycles. The molecule has 0 bridgehead atoms. The second kappa shape index (κ2) is 8.03. The van der Waals surface area contributed by atoms with Crippen LogP contribution in [-0.4, -0.2) is 66.3 Å². The van der Waals surface area contributed by atoms with Crippen LogP contribution in [0.25, 0.3) is 0 Å². The normalized spacial score (nSPS) is 21.1. The van der Waals surface area contributed by atoms with Crippen LogP contribution in [0.4, 0.5) is 0 Å². The maximum absolute atomic E-state index is 12.7. The Morgan fingerprint density at radius 1 is 1.17 bits per heavy atom. The van der Waals surface area contributed by atoms with Gasteiger partial charge < -0.3 is 14.5 Å². The van der Waals surface area contributed by atoms with E-state index in [1.807, 2.05) is 36.1 Å². The Hall–Kier alpha value is -1.53. The quantitative estimate of drug-likeness (QED) is 0.781. The van der Waals surface area contributed by atoms with E-state index in [9.17, 15) is 9.59 Å². The zero-order valence-electron chi connectivity index (χ0n) is 14.1. The van der Waals surface area contributed by atoms with Crippen molar-refractivity contribution < 1.29 is 14.3 Å². The van der Waals surface area contributed by atoms with Crippen LogP contribution in [0.1, 0.15) is 18.4 Å². The van der Waals surface area contributed by atoms with E-state index in [1.165, 1.54) is 17.3 Å². The monoisotopic (exact) mass is 348 g/mol. The predicted molar refractivity (Wildman–Crippen MR) is 94.0 cm³/mol. The van der Waals surface area contributed by atoms with Gasteiger partial charge in [-0.3, -0.25) is 9.59 Å². The molecule has 0 radical (unpaired) electrons. The summed E-state index contributed by atoms with van der Waals surface area (Å²) in [7, 11) is 0. The van der Waals surface area contributed by atoms with Crippen LogP contribution < -0.4 is 0 Å². The first-order chi connectivity index (χ1) is 11.6. The molecule has 24 heavy (non-hydrogen) atoms. The molecule has 2 fully saturated rings. The van der Waals surface area contributed by atoms with Crippen molar-refractivity contribution in [2.45, 2.75) is 30.7 Å². The highest BCUT2D eigenvalue weighted by Gasteiger charge is 2.36. The maximum atomic E-state index is 12.7. The molecule has 1 aromatic rings. The lowest BCUT2D eigenvalue weighted by Gasteiger charge is -2.32. The van der Waals surface area contributed by atoms with Crippen molar-refractivity contribution in [3.8, 4) is 0 Å². The number of morpholine rings is 1. The van der Waals surface area contributed by atoms with Gasteiger partial charge in [0.25, 0.3) is 0 Å². The van der Waals surface area contributed by atoms with Crippen molar-refractivity contribution in [3.63, 3.8) is 0 Å². The van der Waals surface area contributed by atoms with Gasteiger partial charge in [0.15, 0.2) is 0 Å². The van der Waals surface area contributed by atoms with Crippen LogP contribution in [0.15, 0.2) is 29.2 Å². The third-order valence-corrected chi connectivity index (χ3v) is 5.56. The molecule has 0 aliphatic carbocycles. The molecule has 3 rings (SSSR count). The summed E-state index contributed by atoms with van der Waals surface area (Å²) in [5.41, 5.74) is 1.21. The Balaban J connectivity index is 1.56. The molecule has 5 nitrogen and oxygen atoms in total. The lowest BCUT2D eigenvalue weighted by molar-refractivity contribution is -0.145. The fourth-order valence-corrected chi connectivity index (χ4v) is 3.96. The number of hydrogen-bond acceptors (Lipinski definition) is 4. The topological polar surface area (TPSA) is 49.9 Å². The summed E-state index contributed by atoms with van der Waals surface area (Å²) in [5, 5.41) is 0. The Morgan fingerprint density at radius 3 is 2.58 bits per heavy atom. The van der Waals surface area contributed by atoms with Crippen molar-refractivity contribution in [2.75, 3.05) is 38.6 Å². The SMILES string of the molecule is Cc1ccc(SCC(=O)N2CCCC2C(=O)N2CCOCC2)cc1. The molecule has 0 aromatic heterocycles. The zero-order valence-corrected chi connectivity index (χ0v) is 14.9. The largest absolute Gasteiger partial charge is 0.378 e. The van der Waals surface area contributed by atoms with E-state index in [0.717, 1.165) is 17.7 Å². The van der Waals surface area contributed by atoms with Crippen LogP contribution in [0.5, 0.6) is 0 Å². The lowest BCUT2D eigenvalue weighted by Crippen LogP contribution is -2.51. The average Bonchev–Trinajstić information content (AvgIpc) is 3.11. The van der Waals surface area contributed by atoms with Gasteiger partial charge in [-0.15, -0.1) is 11.8 Å². The molecule has 2 aliphatic rings. The van der Waals surface area contributed by atoms with E-state index in [4.69, 9.17) is 4.74 Å². The molecule has 0 N–H and O–H groups in total. The Kier molecular flexibility index (Phi) is 5.79. The van der Waals surface area contributed by atoms with Crippen LogP contribution in [0.3, 0.4) is 0 Å². The van der Waals surface area contributed by atoms with E-state index in [2.05, 4.69) is 0 Å². The van der Waals surface area contributed by atoms with Crippen molar-refractivity contribution in [3.05, 3.63) is 29.8 Å². The van der Waals surface area contributed by atoms with Crippen molar-refractivity contribution >= 4 is 23.6 Å². The molecule has 6 heteroatoms. The van der Waals surface area contributed by atoms with Gasteiger partial charge in [0.1, 0.15) is 6.04 Å². The minimum atomic E-state index is -0.283. The Morgan fingerprint density at radius 2 is 1.88 bits per heavy atom. The number of ether oxygens (including phenoxy) is 1. The Labute approximate surface area is 147 Å². The first kappa shape index (κ1) is 17.3. The highest BCUT2D eigenvalue weighted by atomic mass is 32.2. The predicted octanol–water partition coefficient (Wildman–Crippen LogP) is 1.94. The van der Waals surface area contributed by atoms with Gasteiger partial charge in [-0.25, -0.2) is 0 Å². The van der Waals surface area contributed by atoms with Crippen LogP contribution in [-0.2, 0) is 14.3 Å². The molecular formula is C18H24N2O3S. The standard InChI is InChI=1S/C18H24N2O3S/c1-14-4-6-15(7-5-14)24-13-17(21)20-8-2-3-16(20)18(22)19-9-11-23-12-10-19/h4-7,16H,2-3,8-13H2,1H3. The number of hydrogen-bond donors (Lipinski definition) is 0. The van der Waals surface area contributed by atoms with Gasteiger partial charge >= 0.3 is 0 Å². The highest BCUT2D eigenvalue weighted by Crippen LogP contribution is 2.24. The van der Waals surface area contributed by atoms with E-state index in [1.54, 1.807) is 4.90 Å². The van der Waals surface area contributed by atoms with E-state index >= 15 is 0 Å². The van der Waals surface area contributed by atoms with Gasteiger partial charge in [0.2, 0.25) is 11.8 Å². The number of nitrogens with zero attached hydrogens (tertiary/aromatic N) is 2. The molecule has 0 spiro atoms. The molecule has 1 unspecified atom stereocenters. The number of carbonyl (C=O) groups is 2. The van der Waals surface area contributed by atoms with Gasteiger partial charge in [0, 0.05) is 24.5 Å². The zero-order chi connectivity index (χ0) is 16.9. The van der Waals surface area contributed by atoms with Gasteiger partial charge in [-0.2, -0.15) is 0 Å². The van der Waals surface area contributed by atoms with Crippen LogP contribution in [0.2, 0.25) is 0 Å². The molecule has 2 aliphatic heterocycles. The molecule has 0 saturated carbocycles. The van der Waals surface area contributed by atoms with E-state index < -0.39 is 0 Å². The second-order valence-corrected chi connectivity index (χ2v) is 7.33. The number of likely N-dealkylation sites (tertiary alicyclic amines) is 1. The van der Waals surface area contributed by atoms with Gasteiger partial charge in [0.05, 0.1) is 19.0 Å². The summed E-state index contributed by atoms with van der Waals surface area (Å²) in [5.74, 6) is 0.532. The number of rotatable bonds is 4. The smallest absolute Gasteiger partial charge is 0.245 e. The highest BCUT2D eigenvalue weighted by molar-refractivity contribution is 8.00. The molecular weight excluding hydrogens is 324 g/mol. The molecule has 2 amide bonds. The van der Waals surface area contributed by atoms with Crippen molar-refractivity contribution in [1.82, 2.24) is 9.80 Å². The molecule has 1 aromatic carbocycles. The average molecular weight is 348 g/mol. The number of carbonyl (C=O) groups excluding carboxylic acids is 2. The first-order valence-electron chi connectivity index (χ1n) is 8.50. The summed E-state index contributed by atoms with van der Waals surface area (Å²) in [6.45, 7) is 5.19. The van der Waals surface area contributed by atoms with Crippen molar-refractivity contribution in [2.24, 2.45) is 0 Å². The maximum Gasteiger partial charge on any atom is 0.245 e. The Bertz CT molecular complexity index is 584. The number of amides is 2. The number of benzene rings is 1. The molecule has 130 valence electrons. The van der Waals surface area contributed by atoms with Crippen LogP contribution >= 0.6 is 11.8 Å². The fraction of sp³-hybridized carbons (Fsp3) is 0.556.